The third-order valence-corrected chi connectivity index (χ3v) is 6.42. The summed E-state index contributed by atoms with van der Waals surface area (Å²) in [6.45, 7) is 10.6. The predicted octanol–water partition coefficient (Wildman–Crippen LogP) is 6.36. The molecule has 0 spiro atoms. The van der Waals surface area contributed by atoms with E-state index in [1.807, 2.05) is 24.3 Å². The van der Waals surface area contributed by atoms with E-state index in [-0.39, 0.29) is 5.57 Å². The zero-order valence-corrected chi connectivity index (χ0v) is 20.1. The molecule has 0 heterocycles. The molecule has 3 rings (SSSR count). The average Bonchev–Trinajstić information content (AvgIpc) is 2.85. The Bertz CT molecular complexity index is 1040. The molecule has 0 radical (unpaired) electrons. The normalized spacial score (nSPS) is 17.6. The van der Waals surface area contributed by atoms with Gasteiger partial charge in [-0.2, -0.15) is 0 Å². The maximum atomic E-state index is 12.2. The summed E-state index contributed by atoms with van der Waals surface area (Å²) in [5, 5.41) is 9.02. The summed E-state index contributed by atoms with van der Waals surface area (Å²) >= 11 is 0. The lowest BCUT2D eigenvalue weighted by atomic mass is 9.76. The molecule has 2 aromatic rings. The third kappa shape index (κ3) is 6.45. The fraction of sp³-hybridized carbons (Fsp3) is 0.379. The quantitative estimate of drug-likeness (QED) is 0.267. The summed E-state index contributed by atoms with van der Waals surface area (Å²) in [5.41, 5.74) is 3.38. The van der Waals surface area contributed by atoms with E-state index >= 15 is 0 Å². The molecule has 34 heavy (non-hydrogen) atoms. The van der Waals surface area contributed by atoms with E-state index < -0.39 is 18.5 Å². The van der Waals surface area contributed by atoms with Crippen molar-refractivity contribution in [2.75, 3.05) is 6.61 Å². The zero-order valence-electron chi connectivity index (χ0n) is 20.1. The van der Waals surface area contributed by atoms with Crippen LogP contribution in [-0.2, 0) is 9.59 Å². The van der Waals surface area contributed by atoms with Crippen LogP contribution in [0.25, 0.3) is 11.1 Å². The van der Waals surface area contributed by atoms with Crippen molar-refractivity contribution in [3.05, 3.63) is 72.3 Å². The Hall–Kier alpha value is -3.18. The minimum absolute atomic E-state index is 0.00210. The minimum Gasteiger partial charge on any atom is -0.423 e. The van der Waals surface area contributed by atoms with Crippen LogP contribution in [0.15, 0.2) is 66.8 Å². The zero-order chi connectivity index (χ0) is 24.7. The number of benzene rings is 2. The van der Waals surface area contributed by atoms with Gasteiger partial charge in [0.05, 0.1) is 12.2 Å². The van der Waals surface area contributed by atoms with Crippen molar-refractivity contribution in [3.63, 3.8) is 0 Å². The molecule has 5 nitrogen and oxygen atoms in total. The molecular formula is C29H34O5. The van der Waals surface area contributed by atoms with Crippen molar-refractivity contribution in [1.29, 1.82) is 0 Å². The van der Waals surface area contributed by atoms with Gasteiger partial charge in [0, 0.05) is 5.57 Å². The van der Waals surface area contributed by atoms with Gasteiger partial charge in [0.2, 0.25) is 0 Å². The standard InChI is InChI=1S/C29H34O5/c1-5-6-21-7-9-23(10-8-21)26-17-24(13-16-27(26)34-28(31)19(2)3)22-11-14-25(15-12-22)33-29(32)20(4)18-30/h11-17,21,23,30H,2,4-10,18H2,1,3H3. The number of aliphatic hydroxyl groups is 1. The Morgan fingerprint density at radius 3 is 2.18 bits per heavy atom. The molecule has 180 valence electrons. The van der Waals surface area contributed by atoms with E-state index in [4.69, 9.17) is 14.6 Å². The number of aliphatic hydroxyl groups excluding tert-OH is 1. The third-order valence-electron chi connectivity index (χ3n) is 6.42. The maximum absolute atomic E-state index is 12.2. The molecule has 0 unspecified atom stereocenters. The maximum Gasteiger partial charge on any atom is 0.341 e. The lowest BCUT2D eigenvalue weighted by Crippen LogP contribution is -2.16. The van der Waals surface area contributed by atoms with Crippen molar-refractivity contribution in [2.45, 2.75) is 58.3 Å². The van der Waals surface area contributed by atoms with Gasteiger partial charge in [0.25, 0.3) is 0 Å². The van der Waals surface area contributed by atoms with Gasteiger partial charge < -0.3 is 14.6 Å². The van der Waals surface area contributed by atoms with Crippen molar-refractivity contribution >= 4 is 11.9 Å². The van der Waals surface area contributed by atoms with E-state index in [2.05, 4.69) is 26.1 Å². The number of rotatable bonds is 9. The molecule has 2 aromatic carbocycles. The first-order valence-electron chi connectivity index (χ1n) is 11.9. The van der Waals surface area contributed by atoms with E-state index in [0.29, 0.717) is 23.0 Å². The van der Waals surface area contributed by atoms with Gasteiger partial charge in [-0.3, -0.25) is 0 Å². The highest BCUT2D eigenvalue weighted by molar-refractivity contribution is 5.90. The molecule has 1 saturated carbocycles. The number of ether oxygens (including phenoxy) is 2. The van der Waals surface area contributed by atoms with Gasteiger partial charge in [-0.1, -0.05) is 51.1 Å². The Kier molecular flexibility index (Phi) is 8.83. The van der Waals surface area contributed by atoms with E-state index in [9.17, 15) is 9.59 Å². The molecule has 1 fully saturated rings. The van der Waals surface area contributed by atoms with Crippen molar-refractivity contribution in [3.8, 4) is 22.6 Å². The lowest BCUT2D eigenvalue weighted by molar-refractivity contribution is -0.131. The second kappa shape index (κ2) is 11.8. The molecule has 1 aliphatic rings. The Morgan fingerprint density at radius 1 is 0.941 bits per heavy atom. The SMILES string of the molecule is C=C(C)C(=O)Oc1ccc(-c2ccc(OC(=O)C(=C)CO)cc2)cc1C1CCC(CCC)CC1. The highest BCUT2D eigenvalue weighted by Crippen LogP contribution is 2.42. The average molecular weight is 463 g/mol. The molecule has 1 N–H and O–H groups in total. The molecule has 5 heteroatoms. The summed E-state index contributed by atoms with van der Waals surface area (Å²) in [6.07, 6.45) is 7.02. The van der Waals surface area contributed by atoms with Crippen LogP contribution in [0.4, 0.5) is 0 Å². The number of carbonyl (C=O) groups is 2. The van der Waals surface area contributed by atoms with Gasteiger partial charge in [-0.15, -0.1) is 0 Å². The van der Waals surface area contributed by atoms with E-state index in [1.54, 1.807) is 19.1 Å². The Balaban J connectivity index is 1.85. The van der Waals surface area contributed by atoms with Crippen LogP contribution < -0.4 is 9.47 Å². The summed E-state index contributed by atoms with van der Waals surface area (Å²) in [4.78, 5) is 24.1. The minimum atomic E-state index is -0.653. The van der Waals surface area contributed by atoms with Crippen LogP contribution in [0.5, 0.6) is 11.5 Å². The van der Waals surface area contributed by atoms with Crippen molar-refractivity contribution < 1.29 is 24.2 Å². The first-order valence-corrected chi connectivity index (χ1v) is 11.9. The van der Waals surface area contributed by atoms with Crippen LogP contribution in [-0.4, -0.2) is 23.7 Å². The summed E-state index contributed by atoms with van der Waals surface area (Å²) in [7, 11) is 0. The number of carbonyl (C=O) groups excluding carboxylic acids is 2. The second-order valence-corrected chi connectivity index (χ2v) is 9.10. The number of hydrogen-bond acceptors (Lipinski definition) is 5. The summed E-state index contributed by atoms with van der Waals surface area (Å²) < 4.78 is 10.9. The smallest absolute Gasteiger partial charge is 0.341 e. The molecule has 0 aliphatic heterocycles. The van der Waals surface area contributed by atoms with Gasteiger partial charge >= 0.3 is 11.9 Å². The van der Waals surface area contributed by atoms with Crippen LogP contribution in [0.2, 0.25) is 0 Å². The number of esters is 2. The van der Waals surface area contributed by atoms with Gasteiger partial charge in [0.1, 0.15) is 11.5 Å². The predicted molar refractivity (Wildman–Crippen MR) is 134 cm³/mol. The molecule has 0 bridgehead atoms. The van der Waals surface area contributed by atoms with Gasteiger partial charge in [-0.05, 0) is 85.4 Å². The van der Waals surface area contributed by atoms with E-state index in [1.165, 1.54) is 25.7 Å². The van der Waals surface area contributed by atoms with E-state index in [0.717, 1.165) is 35.4 Å². The largest absolute Gasteiger partial charge is 0.423 e. The highest BCUT2D eigenvalue weighted by atomic mass is 16.5. The van der Waals surface area contributed by atoms with Gasteiger partial charge in [0.15, 0.2) is 0 Å². The Labute approximate surface area is 202 Å². The van der Waals surface area contributed by atoms with Crippen LogP contribution in [0.1, 0.15) is 63.9 Å². The lowest BCUT2D eigenvalue weighted by Gasteiger charge is -2.30. The fourth-order valence-electron chi connectivity index (χ4n) is 4.46. The second-order valence-electron chi connectivity index (χ2n) is 9.10. The summed E-state index contributed by atoms with van der Waals surface area (Å²) in [5.74, 6) is 1.03. The van der Waals surface area contributed by atoms with Crippen LogP contribution in [0.3, 0.4) is 0 Å². The monoisotopic (exact) mass is 462 g/mol. The van der Waals surface area contributed by atoms with Crippen molar-refractivity contribution in [1.82, 2.24) is 0 Å². The molecule has 0 saturated heterocycles. The Morgan fingerprint density at radius 2 is 1.59 bits per heavy atom. The van der Waals surface area contributed by atoms with Crippen molar-refractivity contribution in [2.24, 2.45) is 5.92 Å². The molecule has 0 amide bonds. The number of hydrogen-bond donors (Lipinski definition) is 1. The molecule has 0 atom stereocenters. The van der Waals surface area contributed by atoms with Gasteiger partial charge in [-0.25, -0.2) is 9.59 Å². The molecular weight excluding hydrogens is 428 g/mol. The summed E-state index contributed by atoms with van der Waals surface area (Å²) in [6, 6.07) is 13.1. The molecule has 0 aromatic heterocycles. The fourth-order valence-corrected chi connectivity index (χ4v) is 4.46. The molecule has 1 aliphatic carbocycles. The van der Waals surface area contributed by atoms with Crippen LogP contribution >= 0.6 is 0 Å². The first-order chi connectivity index (χ1) is 16.3. The topological polar surface area (TPSA) is 72.8 Å². The van der Waals surface area contributed by atoms with Crippen LogP contribution in [0, 0.1) is 5.92 Å². The highest BCUT2D eigenvalue weighted by Gasteiger charge is 2.25. The first kappa shape index (κ1) is 25.4.